The molecule has 0 saturated carbocycles. The molecular weight excluding hydrogens is 459 g/mol. The van der Waals surface area contributed by atoms with Gasteiger partial charge in [-0.25, -0.2) is 4.79 Å². The molecule has 3 aromatic rings. The Morgan fingerprint density at radius 1 is 0.909 bits per heavy atom. The summed E-state index contributed by atoms with van der Waals surface area (Å²) in [5.41, 5.74) is 5.41. The molecule has 1 aromatic heterocycles. The molecule has 5 nitrogen and oxygen atoms in total. The van der Waals surface area contributed by atoms with E-state index in [4.69, 9.17) is 27.9 Å². The molecule has 0 spiro atoms. The van der Waals surface area contributed by atoms with Crippen molar-refractivity contribution in [2.75, 3.05) is 12.0 Å². The number of anilines is 1. The fourth-order valence-electron chi connectivity index (χ4n) is 4.15. The number of aromatic nitrogens is 1. The maximum absolute atomic E-state index is 13.4. The Hall–Kier alpha value is -3.28. The zero-order valence-electron chi connectivity index (χ0n) is 18.6. The van der Waals surface area contributed by atoms with Crippen LogP contribution in [0.3, 0.4) is 0 Å². The van der Waals surface area contributed by atoms with Crippen molar-refractivity contribution in [1.82, 2.24) is 4.57 Å². The number of esters is 1. The summed E-state index contributed by atoms with van der Waals surface area (Å²) in [6, 6.07) is 16.7. The summed E-state index contributed by atoms with van der Waals surface area (Å²) in [6.45, 7) is 5.72. The van der Waals surface area contributed by atoms with Gasteiger partial charge in [-0.15, -0.1) is 0 Å². The standard InChI is InChI=1S/C26H22Cl2N2O3/c1-15-13-18(16(2)29(15)21-9-5-19(27)6-10-21)14-23-25(31)24(26(32)33-4)17(3)30(23)22-11-7-20(28)8-12-22/h5-14H,1-4H3/b23-14+. The number of Topliss-reactive ketones (excluding diaryl/α,β-unsaturated/α-hetero) is 1. The van der Waals surface area contributed by atoms with Crippen LogP contribution < -0.4 is 4.90 Å². The van der Waals surface area contributed by atoms with Gasteiger partial charge < -0.3 is 14.2 Å². The van der Waals surface area contributed by atoms with Gasteiger partial charge in [-0.3, -0.25) is 4.79 Å². The fraction of sp³-hybridized carbons (Fsp3) is 0.154. The molecule has 1 aliphatic heterocycles. The second-order valence-corrected chi connectivity index (χ2v) is 8.63. The first-order valence-electron chi connectivity index (χ1n) is 10.3. The number of carbonyl (C=O) groups excluding carboxylic acids is 2. The molecule has 4 rings (SSSR count). The molecule has 0 N–H and O–H groups in total. The Kier molecular flexibility index (Phi) is 6.19. The van der Waals surface area contributed by atoms with Crippen molar-refractivity contribution in [1.29, 1.82) is 0 Å². The topological polar surface area (TPSA) is 51.5 Å². The van der Waals surface area contributed by atoms with Crippen LogP contribution in [-0.2, 0) is 14.3 Å². The summed E-state index contributed by atoms with van der Waals surface area (Å²) < 4.78 is 6.98. The molecule has 1 aliphatic rings. The minimum atomic E-state index is -0.661. The molecule has 0 unspecified atom stereocenters. The van der Waals surface area contributed by atoms with Gasteiger partial charge in [0.15, 0.2) is 0 Å². The van der Waals surface area contributed by atoms with Crippen molar-refractivity contribution < 1.29 is 14.3 Å². The Balaban J connectivity index is 1.86. The van der Waals surface area contributed by atoms with Crippen LogP contribution in [0.1, 0.15) is 23.9 Å². The normalized spacial score (nSPS) is 15.0. The molecule has 168 valence electrons. The summed E-state index contributed by atoms with van der Waals surface area (Å²) in [5, 5.41) is 1.24. The van der Waals surface area contributed by atoms with Gasteiger partial charge in [0.1, 0.15) is 5.57 Å². The molecule has 0 radical (unpaired) electrons. The molecule has 2 aromatic carbocycles. The van der Waals surface area contributed by atoms with Gasteiger partial charge >= 0.3 is 5.97 Å². The minimum absolute atomic E-state index is 0.0187. The number of hydrogen-bond donors (Lipinski definition) is 0. The van der Waals surface area contributed by atoms with Crippen molar-refractivity contribution in [3.8, 4) is 5.69 Å². The van der Waals surface area contributed by atoms with Crippen molar-refractivity contribution >= 4 is 46.7 Å². The average Bonchev–Trinajstić information content (AvgIpc) is 3.21. The third-order valence-electron chi connectivity index (χ3n) is 5.72. The summed E-state index contributed by atoms with van der Waals surface area (Å²) in [4.78, 5) is 27.5. The van der Waals surface area contributed by atoms with Gasteiger partial charge in [0, 0.05) is 38.5 Å². The lowest BCUT2D eigenvalue weighted by Crippen LogP contribution is -2.18. The molecule has 7 heteroatoms. The summed E-state index contributed by atoms with van der Waals surface area (Å²) >= 11 is 12.1. The van der Waals surface area contributed by atoms with Crippen LogP contribution in [0, 0.1) is 13.8 Å². The quantitative estimate of drug-likeness (QED) is 0.250. The number of carbonyl (C=O) groups is 2. The van der Waals surface area contributed by atoms with Gasteiger partial charge in [0.05, 0.1) is 12.8 Å². The lowest BCUT2D eigenvalue weighted by Gasteiger charge is -2.21. The van der Waals surface area contributed by atoms with E-state index in [1.165, 1.54) is 7.11 Å². The van der Waals surface area contributed by atoms with Crippen LogP contribution in [0.4, 0.5) is 5.69 Å². The van der Waals surface area contributed by atoms with Crippen LogP contribution in [-0.4, -0.2) is 23.4 Å². The largest absolute Gasteiger partial charge is 0.465 e. The van der Waals surface area contributed by atoms with E-state index in [2.05, 4.69) is 4.57 Å². The highest BCUT2D eigenvalue weighted by Gasteiger charge is 2.38. The zero-order chi connectivity index (χ0) is 23.9. The Labute approximate surface area is 202 Å². The summed E-state index contributed by atoms with van der Waals surface area (Å²) in [7, 11) is 1.27. The first kappa shape index (κ1) is 22.9. The van der Waals surface area contributed by atoms with Gasteiger partial charge in [-0.05, 0) is 87.0 Å². The van der Waals surface area contributed by atoms with Crippen LogP contribution >= 0.6 is 23.2 Å². The number of ether oxygens (including phenoxy) is 1. The highest BCUT2D eigenvalue weighted by Crippen LogP contribution is 2.37. The highest BCUT2D eigenvalue weighted by atomic mass is 35.5. The number of hydrogen-bond acceptors (Lipinski definition) is 4. The van der Waals surface area contributed by atoms with Crippen molar-refractivity contribution in [2.45, 2.75) is 20.8 Å². The maximum atomic E-state index is 13.4. The molecule has 0 bridgehead atoms. The smallest absolute Gasteiger partial charge is 0.343 e. The first-order chi connectivity index (χ1) is 15.7. The van der Waals surface area contributed by atoms with Crippen molar-refractivity contribution in [2.24, 2.45) is 0 Å². The molecular formula is C26H22Cl2N2O3. The highest BCUT2D eigenvalue weighted by molar-refractivity contribution is 6.31. The number of nitrogens with zero attached hydrogens (tertiary/aromatic N) is 2. The van der Waals surface area contributed by atoms with Crippen molar-refractivity contribution in [3.63, 3.8) is 0 Å². The fourth-order valence-corrected chi connectivity index (χ4v) is 4.40. The van der Waals surface area contributed by atoms with Crippen LogP contribution in [0.15, 0.2) is 71.6 Å². The summed E-state index contributed by atoms with van der Waals surface area (Å²) in [5.74, 6) is -1.04. The monoisotopic (exact) mass is 480 g/mol. The lowest BCUT2D eigenvalue weighted by molar-refractivity contribution is -0.137. The minimum Gasteiger partial charge on any atom is -0.465 e. The van der Waals surface area contributed by atoms with E-state index >= 15 is 0 Å². The summed E-state index contributed by atoms with van der Waals surface area (Å²) in [6.07, 6.45) is 1.81. The van der Waals surface area contributed by atoms with Crippen LogP contribution in [0.2, 0.25) is 10.0 Å². The molecule has 33 heavy (non-hydrogen) atoms. The third-order valence-corrected chi connectivity index (χ3v) is 6.22. The Morgan fingerprint density at radius 2 is 1.45 bits per heavy atom. The number of allylic oxidation sites excluding steroid dienone is 2. The molecule has 0 aliphatic carbocycles. The molecule has 0 fully saturated rings. The Morgan fingerprint density at radius 3 is 2.00 bits per heavy atom. The van der Waals surface area contributed by atoms with E-state index < -0.39 is 5.97 Å². The van der Waals surface area contributed by atoms with Gasteiger partial charge in [-0.2, -0.15) is 0 Å². The van der Waals surface area contributed by atoms with E-state index in [9.17, 15) is 9.59 Å². The maximum Gasteiger partial charge on any atom is 0.343 e. The van der Waals surface area contributed by atoms with E-state index in [-0.39, 0.29) is 11.4 Å². The van der Waals surface area contributed by atoms with E-state index in [0.29, 0.717) is 21.4 Å². The van der Waals surface area contributed by atoms with Gasteiger partial charge in [0.2, 0.25) is 5.78 Å². The number of benzene rings is 2. The molecule has 0 atom stereocenters. The number of ketones is 1. The van der Waals surface area contributed by atoms with Crippen molar-refractivity contribution in [3.05, 3.63) is 98.6 Å². The predicted octanol–water partition coefficient (Wildman–Crippen LogP) is 6.28. The first-order valence-corrected chi connectivity index (χ1v) is 11.0. The van der Waals surface area contributed by atoms with Crippen LogP contribution in [0.5, 0.6) is 0 Å². The van der Waals surface area contributed by atoms with E-state index in [0.717, 1.165) is 28.3 Å². The van der Waals surface area contributed by atoms with Crippen LogP contribution in [0.25, 0.3) is 11.8 Å². The third kappa shape index (κ3) is 4.10. The number of rotatable bonds is 4. The van der Waals surface area contributed by atoms with E-state index in [1.807, 2.05) is 62.4 Å². The average molecular weight is 481 g/mol. The number of aryl methyl sites for hydroxylation is 1. The molecule has 0 saturated heterocycles. The molecule has 0 amide bonds. The van der Waals surface area contributed by atoms with E-state index in [1.54, 1.807) is 24.0 Å². The number of methoxy groups -OCH3 is 1. The Bertz CT molecular complexity index is 1320. The second kappa shape index (κ2) is 8.93. The second-order valence-electron chi connectivity index (χ2n) is 7.76. The zero-order valence-corrected chi connectivity index (χ0v) is 20.2. The lowest BCUT2D eigenvalue weighted by atomic mass is 10.1. The van der Waals surface area contributed by atoms with Gasteiger partial charge in [-0.1, -0.05) is 23.2 Å². The molecule has 2 heterocycles. The predicted molar refractivity (Wildman–Crippen MR) is 132 cm³/mol. The SMILES string of the molecule is COC(=O)C1=C(C)N(c2ccc(Cl)cc2)/C(=C/c2cc(C)n(-c3ccc(Cl)cc3)c2C)C1=O. The number of halogens is 2. The van der Waals surface area contributed by atoms with Gasteiger partial charge in [0.25, 0.3) is 0 Å².